The Balaban J connectivity index is 2.57. The Labute approximate surface area is 109 Å². The van der Waals surface area contributed by atoms with Crippen molar-refractivity contribution < 1.29 is 14.6 Å². The summed E-state index contributed by atoms with van der Waals surface area (Å²) in [7, 11) is 1.65. The summed E-state index contributed by atoms with van der Waals surface area (Å²) in [5.41, 5.74) is 2.02. The van der Waals surface area contributed by atoms with Crippen molar-refractivity contribution in [3.05, 3.63) is 28.2 Å². The van der Waals surface area contributed by atoms with E-state index >= 15 is 0 Å². The number of halogens is 1. The smallest absolute Gasteiger partial charge is 0.303 e. The number of aliphatic carboxylic acids is 1. The van der Waals surface area contributed by atoms with E-state index in [1.165, 1.54) is 0 Å². The van der Waals surface area contributed by atoms with Gasteiger partial charge in [-0.1, -0.05) is 22.0 Å². The van der Waals surface area contributed by atoms with E-state index < -0.39 is 5.97 Å². The zero-order valence-electron chi connectivity index (χ0n) is 9.70. The van der Waals surface area contributed by atoms with E-state index in [9.17, 15) is 4.79 Å². The van der Waals surface area contributed by atoms with Crippen molar-refractivity contribution in [2.24, 2.45) is 0 Å². The molecule has 0 aromatic heterocycles. The van der Waals surface area contributed by atoms with Crippen molar-refractivity contribution >= 4 is 27.6 Å². The number of rotatable bonds is 7. The molecular weight excluding hydrogens is 286 g/mol. The molecule has 0 fully saturated rings. The van der Waals surface area contributed by atoms with Crippen LogP contribution in [0.25, 0.3) is 0 Å². The third-order valence-electron chi connectivity index (χ3n) is 2.29. The van der Waals surface area contributed by atoms with Gasteiger partial charge in [-0.3, -0.25) is 4.79 Å². The summed E-state index contributed by atoms with van der Waals surface area (Å²) < 4.78 is 6.12. The fourth-order valence-electron chi connectivity index (χ4n) is 1.48. The molecule has 0 heterocycles. The molecule has 1 aromatic rings. The molecule has 0 atom stereocenters. The molecule has 2 N–H and O–H groups in total. The molecule has 17 heavy (non-hydrogen) atoms. The van der Waals surface area contributed by atoms with Crippen LogP contribution in [0.5, 0.6) is 0 Å². The van der Waals surface area contributed by atoms with E-state index in [-0.39, 0.29) is 6.42 Å². The number of carboxylic acids is 1. The van der Waals surface area contributed by atoms with Crippen molar-refractivity contribution in [3.63, 3.8) is 0 Å². The van der Waals surface area contributed by atoms with Crippen LogP contribution in [0, 0.1) is 0 Å². The van der Waals surface area contributed by atoms with Crippen LogP contribution in [-0.4, -0.2) is 24.7 Å². The average molecular weight is 302 g/mol. The van der Waals surface area contributed by atoms with E-state index in [1.54, 1.807) is 7.11 Å². The monoisotopic (exact) mass is 301 g/mol. The molecule has 1 rings (SSSR count). The number of benzene rings is 1. The second-order valence-electron chi connectivity index (χ2n) is 3.62. The summed E-state index contributed by atoms with van der Waals surface area (Å²) in [5, 5.41) is 11.8. The average Bonchev–Trinajstić information content (AvgIpc) is 2.28. The lowest BCUT2D eigenvalue weighted by Crippen LogP contribution is -2.07. The maximum Gasteiger partial charge on any atom is 0.303 e. The number of methoxy groups -OCH3 is 1. The van der Waals surface area contributed by atoms with Crippen LogP contribution < -0.4 is 5.32 Å². The van der Waals surface area contributed by atoms with Crippen molar-refractivity contribution in [2.45, 2.75) is 19.4 Å². The summed E-state index contributed by atoms with van der Waals surface area (Å²) in [6.45, 7) is 1.15. The van der Waals surface area contributed by atoms with Crippen LogP contribution in [0.4, 0.5) is 5.69 Å². The lowest BCUT2D eigenvalue weighted by molar-refractivity contribution is -0.137. The predicted molar refractivity (Wildman–Crippen MR) is 70.2 cm³/mol. The Hall–Kier alpha value is -1.07. The van der Waals surface area contributed by atoms with Crippen LogP contribution >= 0.6 is 15.9 Å². The third kappa shape index (κ3) is 4.75. The van der Waals surface area contributed by atoms with E-state index in [1.807, 2.05) is 18.2 Å². The highest BCUT2D eigenvalue weighted by molar-refractivity contribution is 9.10. The molecule has 0 aliphatic carbocycles. The van der Waals surface area contributed by atoms with Gasteiger partial charge in [-0.2, -0.15) is 0 Å². The number of anilines is 1. The summed E-state index contributed by atoms with van der Waals surface area (Å²) in [4.78, 5) is 10.4. The van der Waals surface area contributed by atoms with Crippen LogP contribution in [-0.2, 0) is 16.1 Å². The van der Waals surface area contributed by atoms with Gasteiger partial charge in [0.2, 0.25) is 0 Å². The number of carboxylic acid groups (broad SMARTS) is 1. The van der Waals surface area contributed by atoms with Gasteiger partial charge in [0.05, 0.1) is 6.61 Å². The van der Waals surface area contributed by atoms with Crippen molar-refractivity contribution in [3.8, 4) is 0 Å². The minimum Gasteiger partial charge on any atom is -0.481 e. The van der Waals surface area contributed by atoms with Crippen molar-refractivity contribution in [1.82, 2.24) is 0 Å². The Bertz CT molecular complexity index is 382. The number of ether oxygens (including phenoxy) is 1. The standard InChI is InChI=1S/C12H16BrNO3/c1-17-8-9-10(13)4-2-5-11(9)14-7-3-6-12(15)16/h2,4-5,14H,3,6-8H2,1H3,(H,15,16). The highest BCUT2D eigenvalue weighted by atomic mass is 79.9. The number of nitrogens with one attached hydrogen (secondary N) is 1. The normalized spacial score (nSPS) is 10.2. The maximum absolute atomic E-state index is 10.4. The first kappa shape index (κ1) is 14.0. The van der Waals surface area contributed by atoms with Gasteiger partial charge in [0.1, 0.15) is 0 Å². The Kier molecular flexibility index (Phi) is 6.00. The van der Waals surface area contributed by atoms with Gasteiger partial charge >= 0.3 is 5.97 Å². The number of hydrogen-bond donors (Lipinski definition) is 2. The molecular formula is C12H16BrNO3. The van der Waals surface area contributed by atoms with Gasteiger partial charge in [0.25, 0.3) is 0 Å². The Morgan fingerprint density at radius 2 is 2.29 bits per heavy atom. The summed E-state index contributed by atoms with van der Waals surface area (Å²) in [5.74, 6) is -0.766. The topological polar surface area (TPSA) is 58.6 Å². The minimum atomic E-state index is -0.766. The molecule has 0 amide bonds. The highest BCUT2D eigenvalue weighted by Gasteiger charge is 2.06. The fourth-order valence-corrected chi connectivity index (χ4v) is 1.96. The molecule has 0 aliphatic rings. The zero-order valence-corrected chi connectivity index (χ0v) is 11.3. The van der Waals surface area contributed by atoms with Crippen LogP contribution in [0.2, 0.25) is 0 Å². The quantitative estimate of drug-likeness (QED) is 0.760. The van der Waals surface area contributed by atoms with E-state index in [2.05, 4.69) is 21.2 Å². The lowest BCUT2D eigenvalue weighted by Gasteiger charge is -2.12. The maximum atomic E-state index is 10.4. The molecule has 1 aromatic carbocycles. The molecule has 0 unspecified atom stereocenters. The number of hydrogen-bond acceptors (Lipinski definition) is 3. The second kappa shape index (κ2) is 7.29. The summed E-state index contributed by atoms with van der Waals surface area (Å²) in [6.07, 6.45) is 0.787. The summed E-state index contributed by atoms with van der Waals surface area (Å²) in [6, 6.07) is 5.85. The second-order valence-corrected chi connectivity index (χ2v) is 4.48. The molecule has 0 saturated heterocycles. The van der Waals surface area contributed by atoms with Crippen molar-refractivity contribution in [2.75, 3.05) is 19.0 Å². The fraction of sp³-hybridized carbons (Fsp3) is 0.417. The van der Waals surface area contributed by atoms with E-state index in [0.717, 1.165) is 15.7 Å². The molecule has 0 spiro atoms. The van der Waals surface area contributed by atoms with Gasteiger partial charge < -0.3 is 15.2 Å². The molecule has 0 radical (unpaired) electrons. The lowest BCUT2D eigenvalue weighted by atomic mass is 10.2. The highest BCUT2D eigenvalue weighted by Crippen LogP contribution is 2.25. The molecule has 0 saturated carbocycles. The molecule has 5 heteroatoms. The molecule has 4 nitrogen and oxygen atoms in total. The first-order valence-electron chi connectivity index (χ1n) is 5.37. The Morgan fingerprint density at radius 1 is 1.53 bits per heavy atom. The van der Waals surface area contributed by atoms with Gasteiger partial charge in [-0.25, -0.2) is 0 Å². The van der Waals surface area contributed by atoms with Gasteiger partial charge in [-0.15, -0.1) is 0 Å². The van der Waals surface area contributed by atoms with Gasteiger partial charge in [0.15, 0.2) is 0 Å². The first-order valence-corrected chi connectivity index (χ1v) is 6.16. The zero-order chi connectivity index (χ0) is 12.7. The van der Waals surface area contributed by atoms with Gasteiger partial charge in [-0.05, 0) is 18.6 Å². The summed E-state index contributed by atoms with van der Waals surface area (Å²) >= 11 is 3.47. The molecule has 0 aliphatic heterocycles. The van der Waals surface area contributed by atoms with Crippen molar-refractivity contribution in [1.29, 1.82) is 0 Å². The third-order valence-corrected chi connectivity index (χ3v) is 3.03. The van der Waals surface area contributed by atoms with Crippen LogP contribution in [0.3, 0.4) is 0 Å². The minimum absolute atomic E-state index is 0.181. The largest absolute Gasteiger partial charge is 0.481 e. The van der Waals surface area contributed by atoms with Gasteiger partial charge in [0, 0.05) is 35.8 Å². The first-order chi connectivity index (χ1) is 8.15. The van der Waals surface area contributed by atoms with Crippen LogP contribution in [0.1, 0.15) is 18.4 Å². The number of carbonyl (C=O) groups is 1. The predicted octanol–water partition coefficient (Wildman–Crippen LogP) is 2.87. The molecule has 0 bridgehead atoms. The van der Waals surface area contributed by atoms with E-state index in [4.69, 9.17) is 9.84 Å². The Morgan fingerprint density at radius 3 is 2.94 bits per heavy atom. The van der Waals surface area contributed by atoms with E-state index in [0.29, 0.717) is 19.6 Å². The SMILES string of the molecule is COCc1c(Br)cccc1NCCCC(=O)O. The van der Waals surface area contributed by atoms with Crippen LogP contribution in [0.15, 0.2) is 22.7 Å². The molecule has 94 valence electrons.